The molecular weight excluding hydrogens is 202 g/mol. The van der Waals surface area contributed by atoms with Crippen LogP contribution in [0.1, 0.15) is 20.8 Å². The molecule has 0 spiro atoms. The molecule has 0 aliphatic rings. The number of hydrazine groups is 1. The number of thiazole rings is 1. The van der Waals surface area contributed by atoms with Crippen molar-refractivity contribution < 1.29 is 9.53 Å². The van der Waals surface area contributed by atoms with Crippen LogP contribution in [0.25, 0.3) is 0 Å². The average Bonchev–Trinajstić information content (AvgIpc) is 2.49. The molecule has 1 rings (SSSR count). The fourth-order valence-electron chi connectivity index (χ4n) is 0.694. The summed E-state index contributed by atoms with van der Waals surface area (Å²) in [5.74, 6) is 0. The second kappa shape index (κ2) is 4.28. The van der Waals surface area contributed by atoms with Gasteiger partial charge in [-0.1, -0.05) is 0 Å². The summed E-state index contributed by atoms with van der Waals surface area (Å²) in [6.45, 7) is 5.41. The molecule has 0 bridgehead atoms. The SMILES string of the molecule is CC(C)(C)OC(=O)NNc1cncs1. The van der Waals surface area contributed by atoms with Crippen molar-refractivity contribution in [2.45, 2.75) is 26.4 Å². The molecule has 1 aromatic rings. The van der Waals surface area contributed by atoms with Crippen LogP contribution in [-0.4, -0.2) is 16.7 Å². The smallest absolute Gasteiger partial charge is 0.426 e. The summed E-state index contributed by atoms with van der Waals surface area (Å²) in [5, 5.41) is 0.760. The van der Waals surface area contributed by atoms with Gasteiger partial charge in [-0.15, -0.1) is 11.3 Å². The van der Waals surface area contributed by atoms with Gasteiger partial charge in [-0.2, -0.15) is 0 Å². The van der Waals surface area contributed by atoms with Gasteiger partial charge < -0.3 is 4.74 Å². The van der Waals surface area contributed by atoms with Crippen LogP contribution >= 0.6 is 11.3 Å². The summed E-state index contributed by atoms with van der Waals surface area (Å²) >= 11 is 1.39. The van der Waals surface area contributed by atoms with Crippen molar-refractivity contribution in [1.29, 1.82) is 0 Å². The Balaban J connectivity index is 2.29. The van der Waals surface area contributed by atoms with Gasteiger partial charge in [0, 0.05) is 0 Å². The maximum absolute atomic E-state index is 11.1. The second-order valence-electron chi connectivity index (χ2n) is 3.62. The van der Waals surface area contributed by atoms with Crippen LogP contribution in [0.5, 0.6) is 0 Å². The Morgan fingerprint density at radius 2 is 2.29 bits per heavy atom. The number of carbonyl (C=O) groups excluding carboxylic acids is 1. The van der Waals surface area contributed by atoms with E-state index in [1.165, 1.54) is 11.3 Å². The number of aromatic nitrogens is 1. The van der Waals surface area contributed by atoms with E-state index in [0.717, 1.165) is 5.00 Å². The molecule has 0 aromatic carbocycles. The minimum absolute atomic E-state index is 0.487. The lowest BCUT2D eigenvalue weighted by Crippen LogP contribution is -2.35. The molecule has 0 aliphatic carbocycles. The van der Waals surface area contributed by atoms with Gasteiger partial charge in [-0.05, 0) is 20.8 Å². The van der Waals surface area contributed by atoms with E-state index in [1.807, 2.05) is 0 Å². The van der Waals surface area contributed by atoms with Crippen LogP contribution in [0.15, 0.2) is 11.7 Å². The molecular formula is C8H13N3O2S. The summed E-state index contributed by atoms with van der Waals surface area (Å²) in [6, 6.07) is 0. The highest BCUT2D eigenvalue weighted by Crippen LogP contribution is 2.11. The molecule has 5 nitrogen and oxygen atoms in total. The standard InChI is InChI=1S/C8H13N3O2S/c1-8(2,3)13-7(12)11-10-6-4-9-5-14-6/h4-5,10H,1-3H3,(H,11,12). The lowest BCUT2D eigenvalue weighted by atomic mass is 10.2. The zero-order valence-corrected chi connectivity index (χ0v) is 9.14. The van der Waals surface area contributed by atoms with E-state index in [-0.39, 0.29) is 0 Å². The second-order valence-corrected chi connectivity index (χ2v) is 4.50. The summed E-state index contributed by atoms with van der Waals surface area (Å²) < 4.78 is 5.01. The van der Waals surface area contributed by atoms with Crippen molar-refractivity contribution in [3.63, 3.8) is 0 Å². The number of ether oxygens (including phenoxy) is 1. The van der Waals surface area contributed by atoms with Crippen molar-refractivity contribution >= 4 is 22.4 Å². The molecule has 0 saturated carbocycles. The van der Waals surface area contributed by atoms with E-state index in [2.05, 4.69) is 15.8 Å². The first kappa shape index (κ1) is 10.8. The third-order valence-corrected chi connectivity index (χ3v) is 1.81. The first-order chi connectivity index (χ1) is 6.47. The molecule has 0 unspecified atom stereocenters. The molecule has 0 radical (unpaired) electrons. The number of hydrogen-bond acceptors (Lipinski definition) is 5. The minimum Gasteiger partial charge on any atom is -0.443 e. The average molecular weight is 215 g/mol. The predicted molar refractivity (Wildman–Crippen MR) is 55.1 cm³/mol. The number of nitrogens with one attached hydrogen (secondary N) is 2. The lowest BCUT2D eigenvalue weighted by molar-refractivity contribution is 0.0541. The van der Waals surface area contributed by atoms with Crippen LogP contribution in [0.3, 0.4) is 0 Å². The fourth-order valence-corrected chi connectivity index (χ4v) is 1.16. The van der Waals surface area contributed by atoms with Crippen molar-refractivity contribution in [2.24, 2.45) is 0 Å². The van der Waals surface area contributed by atoms with Crippen molar-refractivity contribution in [1.82, 2.24) is 10.4 Å². The van der Waals surface area contributed by atoms with Crippen LogP contribution < -0.4 is 10.9 Å². The van der Waals surface area contributed by atoms with Gasteiger partial charge in [0.05, 0.1) is 11.7 Å². The van der Waals surface area contributed by atoms with Gasteiger partial charge in [-0.3, -0.25) is 10.4 Å². The minimum atomic E-state index is -0.508. The Bertz CT molecular complexity index is 292. The third kappa shape index (κ3) is 4.08. The van der Waals surface area contributed by atoms with E-state index in [4.69, 9.17) is 4.74 Å². The maximum atomic E-state index is 11.1. The Morgan fingerprint density at radius 1 is 1.57 bits per heavy atom. The number of nitrogens with zero attached hydrogens (tertiary/aromatic N) is 1. The first-order valence-corrected chi connectivity index (χ1v) is 4.99. The van der Waals surface area contributed by atoms with Gasteiger partial charge in [0.2, 0.25) is 0 Å². The highest BCUT2D eigenvalue weighted by atomic mass is 32.1. The molecule has 0 saturated heterocycles. The molecule has 0 fully saturated rings. The summed E-state index contributed by atoms with van der Waals surface area (Å²) in [4.78, 5) is 15.0. The van der Waals surface area contributed by atoms with Gasteiger partial charge >= 0.3 is 6.09 Å². The van der Waals surface area contributed by atoms with E-state index in [0.29, 0.717) is 0 Å². The van der Waals surface area contributed by atoms with Crippen molar-refractivity contribution in [3.8, 4) is 0 Å². The Hall–Kier alpha value is -1.30. The molecule has 14 heavy (non-hydrogen) atoms. The van der Waals surface area contributed by atoms with Crippen molar-refractivity contribution in [2.75, 3.05) is 5.43 Å². The first-order valence-electron chi connectivity index (χ1n) is 4.11. The van der Waals surface area contributed by atoms with Crippen LogP contribution in [0.2, 0.25) is 0 Å². The molecule has 1 aromatic heterocycles. The number of amides is 1. The quantitative estimate of drug-likeness (QED) is 0.741. The van der Waals surface area contributed by atoms with E-state index < -0.39 is 11.7 Å². The largest absolute Gasteiger partial charge is 0.443 e. The third-order valence-electron chi connectivity index (χ3n) is 1.12. The van der Waals surface area contributed by atoms with Crippen LogP contribution in [-0.2, 0) is 4.74 Å². The van der Waals surface area contributed by atoms with Crippen LogP contribution in [0.4, 0.5) is 9.80 Å². The monoisotopic (exact) mass is 215 g/mol. The van der Waals surface area contributed by atoms with E-state index in [1.54, 1.807) is 32.5 Å². The van der Waals surface area contributed by atoms with Crippen LogP contribution in [0, 0.1) is 0 Å². The highest BCUT2D eigenvalue weighted by molar-refractivity contribution is 7.13. The summed E-state index contributed by atoms with van der Waals surface area (Å²) in [6.07, 6.45) is 1.10. The summed E-state index contributed by atoms with van der Waals surface area (Å²) in [7, 11) is 0. The van der Waals surface area contributed by atoms with Gasteiger partial charge in [-0.25, -0.2) is 10.2 Å². The molecule has 0 aliphatic heterocycles. The van der Waals surface area contributed by atoms with E-state index in [9.17, 15) is 4.79 Å². The molecule has 78 valence electrons. The highest BCUT2D eigenvalue weighted by Gasteiger charge is 2.15. The molecule has 0 atom stereocenters. The fraction of sp³-hybridized carbons (Fsp3) is 0.500. The maximum Gasteiger partial charge on any atom is 0.426 e. The number of rotatable bonds is 2. The topological polar surface area (TPSA) is 63.2 Å². The Labute approximate surface area is 86.5 Å². The molecule has 6 heteroatoms. The molecule has 2 N–H and O–H groups in total. The molecule has 1 amide bonds. The number of anilines is 1. The van der Waals surface area contributed by atoms with Gasteiger partial charge in [0.1, 0.15) is 10.6 Å². The van der Waals surface area contributed by atoms with Gasteiger partial charge in [0.25, 0.3) is 0 Å². The van der Waals surface area contributed by atoms with E-state index >= 15 is 0 Å². The summed E-state index contributed by atoms with van der Waals surface area (Å²) in [5.41, 5.74) is 6.26. The Kier molecular flexibility index (Phi) is 3.29. The predicted octanol–water partition coefficient (Wildman–Crippen LogP) is 1.99. The number of hydrogen-bond donors (Lipinski definition) is 2. The number of carbonyl (C=O) groups is 1. The lowest BCUT2D eigenvalue weighted by Gasteiger charge is -2.19. The Morgan fingerprint density at radius 3 is 2.79 bits per heavy atom. The molecule has 1 heterocycles. The normalized spacial score (nSPS) is 10.8. The van der Waals surface area contributed by atoms with Crippen molar-refractivity contribution in [3.05, 3.63) is 11.7 Å². The van der Waals surface area contributed by atoms with Gasteiger partial charge in [0.15, 0.2) is 0 Å². The zero-order chi connectivity index (χ0) is 10.6. The zero-order valence-electron chi connectivity index (χ0n) is 8.33.